The van der Waals surface area contributed by atoms with Crippen LogP contribution in [0.15, 0.2) is 42.7 Å². The minimum atomic E-state index is -2.73. The van der Waals surface area contributed by atoms with Crippen LogP contribution < -0.4 is 11.5 Å². The van der Waals surface area contributed by atoms with Gasteiger partial charge in [0.2, 0.25) is 0 Å². The molecule has 0 spiro atoms. The normalized spacial score (nSPS) is 17.2. The number of carbonyl (C=O) groups excluding carboxylic acids is 1. The van der Waals surface area contributed by atoms with Crippen molar-refractivity contribution in [2.75, 3.05) is 13.1 Å². The average Bonchev–Trinajstić information content (AvgIpc) is 3.11. The van der Waals surface area contributed by atoms with Crippen LogP contribution in [0.2, 0.25) is 0 Å². The lowest BCUT2D eigenvalue weighted by Crippen LogP contribution is -2.42. The molecule has 0 saturated carbocycles. The number of halogens is 2. The summed E-state index contributed by atoms with van der Waals surface area (Å²) in [6.07, 6.45) is 5.39. The van der Waals surface area contributed by atoms with Crippen LogP contribution in [0.25, 0.3) is 17.2 Å². The van der Waals surface area contributed by atoms with Crippen molar-refractivity contribution in [2.45, 2.75) is 25.7 Å². The highest BCUT2D eigenvalue weighted by Gasteiger charge is 2.36. The van der Waals surface area contributed by atoms with Crippen LogP contribution in [0, 0.1) is 6.92 Å². The van der Waals surface area contributed by atoms with Crippen LogP contribution in [0.5, 0.6) is 0 Å². The zero-order chi connectivity index (χ0) is 20.3. The third-order valence-corrected chi connectivity index (χ3v) is 4.51. The van der Waals surface area contributed by atoms with E-state index in [-0.39, 0.29) is 37.4 Å². The molecule has 2 aromatic heterocycles. The quantitative estimate of drug-likeness (QED) is 0.783. The summed E-state index contributed by atoms with van der Waals surface area (Å²) in [4.78, 5) is 18.5. The molecule has 148 valence electrons. The first-order valence-electron chi connectivity index (χ1n) is 8.85. The van der Waals surface area contributed by atoms with E-state index in [1.807, 2.05) is 13.0 Å². The number of pyridine rings is 1. The van der Waals surface area contributed by atoms with Gasteiger partial charge < -0.3 is 16.4 Å². The van der Waals surface area contributed by atoms with Gasteiger partial charge in [0.15, 0.2) is 5.69 Å². The van der Waals surface area contributed by atoms with Gasteiger partial charge >= 0.3 is 0 Å². The second kappa shape index (κ2) is 7.79. The van der Waals surface area contributed by atoms with E-state index in [0.29, 0.717) is 11.4 Å². The molecule has 0 aliphatic carbocycles. The van der Waals surface area contributed by atoms with Gasteiger partial charge in [0.1, 0.15) is 5.82 Å². The standard InChI is InChI=1S/C19H22F2N6O/c1-13-4-5-14(24-12-13)16-11-15(25-27(16)17(23)3-2-8-22)18(28)26-9-6-19(20,21)7-10-26/h2-5,8,11-12H,6-7,9-10,22-23H2,1H3/b8-2-,17-3+. The molecule has 0 bridgehead atoms. The summed E-state index contributed by atoms with van der Waals surface area (Å²) in [7, 11) is 0. The van der Waals surface area contributed by atoms with Gasteiger partial charge in [-0.05, 0) is 43.0 Å². The van der Waals surface area contributed by atoms with Gasteiger partial charge in [0, 0.05) is 32.1 Å². The molecule has 1 aliphatic rings. The fourth-order valence-electron chi connectivity index (χ4n) is 2.91. The summed E-state index contributed by atoms with van der Waals surface area (Å²) >= 11 is 0. The molecule has 9 heteroatoms. The average molecular weight is 388 g/mol. The number of likely N-dealkylation sites (tertiary alicyclic amines) is 1. The van der Waals surface area contributed by atoms with E-state index in [9.17, 15) is 13.6 Å². The predicted molar refractivity (Wildman–Crippen MR) is 102 cm³/mol. The number of alkyl halides is 2. The van der Waals surface area contributed by atoms with Crippen molar-refractivity contribution >= 4 is 11.7 Å². The summed E-state index contributed by atoms with van der Waals surface area (Å²) < 4.78 is 28.2. The fourth-order valence-corrected chi connectivity index (χ4v) is 2.91. The monoisotopic (exact) mass is 388 g/mol. The number of allylic oxidation sites excluding steroid dienone is 2. The van der Waals surface area contributed by atoms with Gasteiger partial charge in [-0.3, -0.25) is 9.78 Å². The fraction of sp³-hybridized carbons (Fsp3) is 0.316. The summed E-state index contributed by atoms with van der Waals surface area (Å²) in [5.74, 6) is -2.90. The SMILES string of the molecule is Cc1ccc(-c2cc(C(=O)N3CCC(F)(F)CC3)nn2/C(N)=C/C=C\N)nc1. The molecule has 28 heavy (non-hydrogen) atoms. The summed E-state index contributed by atoms with van der Waals surface area (Å²) in [6, 6.07) is 5.25. The van der Waals surface area contributed by atoms with Crippen LogP contribution in [0.1, 0.15) is 28.9 Å². The Morgan fingerprint density at radius 1 is 1.29 bits per heavy atom. The summed E-state index contributed by atoms with van der Waals surface area (Å²) in [5, 5.41) is 4.30. The van der Waals surface area contributed by atoms with Gasteiger partial charge in [-0.2, -0.15) is 5.10 Å². The Morgan fingerprint density at radius 2 is 2.00 bits per heavy atom. The van der Waals surface area contributed by atoms with Crippen molar-refractivity contribution in [1.82, 2.24) is 19.7 Å². The summed E-state index contributed by atoms with van der Waals surface area (Å²) in [6.45, 7) is 1.88. The van der Waals surface area contributed by atoms with Crippen molar-refractivity contribution in [3.05, 3.63) is 54.0 Å². The molecule has 0 aromatic carbocycles. The molecule has 0 radical (unpaired) electrons. The topological polar surface area (TPSA) is 103 Å². The Labute approximate surface area is 161 Å². The van der Waals surface area contributed by atoms with Gasteiger partial charge in [0.25, 0.3) is 11.8 Å². The number of aromatic nitrogens is 3. The van der Waals surface area contributed by atoms with Gasteiger partial charge in [0.05, 0.1) is 11.4 Å². The third-order valence-electron chi connectivity index (χ3n) is 4.51. The molecule has 4 N–H and O–H groups in total. The van der Waals surface area contributed by atoms with Crippen LogP contribution in [0.3, 0.4) is 0 Å². The number of rotatable bonds is 4. The smallest absolute Gasteiger partial charge is 0.274 e. The highest BCUT2D eigenvalue weighted by atomic mass is 19.3. The molecule has 1 aliphatic heterocycles. The van der Waals surface area contributed by atoms with Gasteiger partial charge in [-0.15, -0.1) is 0 Å². The highest BCUT2D eigenvalue weighted by Crippen LogP contribution is 2.29. The van der Waals surface area contributed by atoms with E-state index in [2.05, 4.69) is 10.1 Å². The van der Waals surface area contributed by atoms with Crippen LogP contribution in [-0.4, -0.2) is 44.6 Å². The molecule has 0 atom stereocenters. The van der Waals surface area contributed by atoms with Crippen molar-refractivity contribution in [2.24, 2.45) is 11.5 Å². The number of hydrogen-bond acceptors (Lipinski definition) is 5. The molecular formula is C19H22F2N6O. The minimum absolute atomic E-state index is 0.0158. The van der Waals surface area contributed by atoms with Crippen LogP contribution >= 0.6 is 0 Å². The van der Waals surface area contributed by atoms with Gasteiger partial charge in [-0.25, -0.2) is 13.5 Å². The number of amides is 1. The zero-order valence-corrected chi connectivity index (χ0v) is 15.5. The van der Waals surface area contributed by atoms with Crippen molar-refractivity contribution < 1.29 is 13.6 Å². The van der Waals surface area contributed by atoms with Gasteiger partial charge in [-0.1, -0.05) is 6.07 Å². The maximum atomic E-state index is 13.4. The van der Waals surface area contributed by atoms with E-state index in [4.69, 9.17) is 11.5 Å². The number of aryl methyl sites for hydroxylation is 1. The third kappa shape index (κ3) is 4.19. The Balaban J connectivity index is 1.96. The largest absolute Gasteiger partial charge is 0.405 e. The molecule has 0 unspecified atom stereocenters. The van der Waals surface area contributed by atoms with E-state index < -0.39 is 11.8 Å². The molecule has 1 amide bonds. The molecule has 1 saturated heterocycles. The Morgan fingerprint density at radius 3 is 2.61 bits per heavy atom. The number of nitrogens with zero attached hydrogens (tertiary/aromatic N) is 4. The van der Waals surface area contributed by atoms with E-state index in [0.717, 1.165) is 5.56 Å². The molecule has 3 rings (SSSR count). The highest BCUT2D eigenvalue weighted by molar-refractivity contribution is 5.93. The van der Waals surface area contributed by atoms with E-state index in [1.54, 1.807) is 24.4 Å². The van der Waals surface area contributed by atoms with Crippen molar-refractivity contribution in [1.29, 1.82) is 0 Å². The lowest BCUT2D eigenvalue weighted by molar-refractivity contribution is -0.0495. The first kappa shape index (κ1) is 19.5. The number of piperidine rings is 1. The predicted octanol–water partition coefficient (Wildman–Crippen LogP) is 2.35. The zero-order valence-electron chi connectivity index (χ0n) is 15.5. The molecule has 2 aromatic rings. The maximum Gasteiger partial charge on any atom is 0.274 e. The molecule has 7 nitrogen and oxygen atoms in total. The first-order valence-corrected chi connectivity index (χ1v) is 8.85. The maximum absolute atomic E-state index is 13.4. The summed E-state index contributed by atoms with van der Waals surface area (Å²) in [5.41, 5.74) is 13.6. The lowest BCUT2D eigenvalue weighted by Gasteiger charge is -2.31. The molecular weight excluding hydrogens is 366 g/mol. The lowest BCUT2D eigenvalue weighted by atomic mass is 10.1. The second-order valence-electron chi connectivity index (χ2n) is 6.67. The van der Waals surface area contributed by atoms with E-state index in [1.165, 1.54) is 21.9 Å². The van der Waals surface area contributed by atoms with Crippen molar-refractivity contribution in [3.8, 4) is 11.4 Å². The minimum Gasteiger partial charge on any atom is -0.405 e. The van der Waals surface area contributed by atoms with Crippen molar-refractivity contribution in [3.63, 3.8) is 0 Å². The Bertz CT molecular complexity index is 907. The Hall–Kier alpha value is -3.23. The molecule has 1 fully saturated rings. The van der Waals surface area contributed by atoms with Crippen LogP contribution in [-0.2, 0) is 0 Å². The number of carbonyl (C=O) groups is 1. The molecule has 3 heterocycles. The van der Waals surface area contributed by atoms with Crippen LogP contribution in [0.4, 0.5) is 8.78 Å². The number of hydrogen-bond donors (Lipinski definition) is 2. The number of nitrogens with two attached hydrogens (primary N) is 2. The second-order valence-corrected chi connectivity index (χ2v) is 6.67. The first-order chi connectivity index (χ1) is 13.3. The van der Waals surface area contributed by atoms with E-state index >= 15 is 0 Å². The Kier molecular flexibility index (Phi) is 5.43.